The van der Waals surface area contributed by atoms with E-state index in [-0.39, 0.29) is 0 Å². The molecule has 194 valence electrons. The molecule has 0 bridgehead atoms. The van der Waals surface area contributed by atoms with Crippen LogP contribution in [-0.4, -0.2) is 48.2 Å². The van der Waals surface area contributed by atoms with Crippen molar-refractivity contribution in [3.05, 3.63) is 78.4 Å². The van der Waals surface area contributed by atoms with Crippen LogP contribution in [0.25, 0.3) is 16.8 Å². The zero-order valence-corrected chi connectivity index (χ0v) is 22.7. The smallest absolute Gasteiger partial charge is 0.118 e. The van der Waals surface area contributed by atoms with Gasteiger partial charge in [-0.3, -0.25) is 0 Å². The lowest BCUT2D eigenvalue weighted by Crippen LogP contribution is -2.41. The summed E-state index contributed by atoms with van der Waals surface area (Å²) in [6.07, 6.45) is 7.18. The van der Waals surface area contributed by atoms with E-state index in [0.29, 0.717) is 12.5 Å². The maximum Gasteiger partial charge on any atom is 0.118 e. The van der Waals surface area contributed by atoms with E-state index in [1.165, 1.54) is 59.9 Å². The molecule has 0 aromatic heterocycles. The first-order chi connectivity index (χ1) is 17.2. The third-order valence-electron chi connectivity index (χ3n) is 8.15. The van der Waals surface area contributed by atoms with Crippen molar-refractivity contribution in [1.82, 2.24) is 9.80 Å². The molecule has 2 saturated heterocycles. The highest BCUT2D eigenvalue weighted by Gasteiger charge is 2.25. The zero-order chi connectivity index (χ0) is 25.7. The van der Waals surface area contributed by atoms with Crippen molar-refractivity contribution < 1.29 is 4.39 Å². The molecular weight excluding hydrogens is 443 g/mol. The molecule has 36 heavy (non-hydrogen) atoms. The molecular formula is C33H45FN2. The number of alkyl halides is 1. The topological polar surface area (TPSA) is 6.48 Å². The van der Waals surface area contributed by atoms with Crippen molar-refractivity contribution in [1.29, 1.82) is 0 Å². The quantitative estimate of drug-likeness (QED) is 0.330. The molecule has 0 amide bonds. The van der Waals surface area contributed by atoms with Crippen LogP contribution in [-0.2, 0) is 6.42 Å². The van der Waals surface area contributed by atoms with Crippen LogP contribution in [0.2, 0.25) is 0 Å². The molecule has 2 aliphatic rings. The predicted molar refractivity (Wildman–Crippen MR) is 153 cm³/mol. The predicted octanol–water partition coefficient (Wildman–Crippen LogP) is 8.01. The Morgan fingerprint density at radius 3 is 2.11 bits per heavy atom. The van der Waals surface area contributed by atoms with Gasteiger partial charge >= 0.3 is 0 Å². The lowest BCUT2D eigenvalue weighted by Gasteiger charge is -2.36. The minimum atomic E-state index is -1.09. The second kappa shape index (κ2) is 11.8. The molecule has 1 unspecified atom stereocenters. The van der Waals surface area contributed by atoms with Gasteiger partial charge in [0.05, 0.1) is 0 Å². The minimum absolute atomic E-state index is 0.560. The van der Waals surface area contributed by atoms with Gasteiger partial charge in [-0.05, 0) is 106 Å². The Morgan fingerprint density at radius 2 is 1.53 bits per heavy atom. The van der Waals surface area contributed by atoms with E-state index < -0.39 is 5.67 Å². The summed E-state index contributed by atoms with van der Waals surface area (Å²) in [6.45, 7) is 18.8. The first kappa shape index (κ1) is 26.7. The zero-order valence-electron chi connectivity index (χ0n) is 22.7. The molecule has 2 heterocycles. The Balaban J connectivity index is 1.27. The SMILES string of the molecule is C=C(C)C1CCCN(C(=C)c2ccc(-c3ccc(CCC4CCN(CC(C)(C)F)CC4)cc3)cc2)C1. The standard InChI is InChI=1S/C33H45FN2/c1-25(2)32-7-6-20-36(23-32)26(3)29-14-16-31(17-15-29)30-12-10-27(11-13-30)8-9-28-18-21-35(22-19-28)24-33(4,5)34/h10-17,28,32H,1,3,6-9,18-24H2,2,4-5H3. The third kappa shape index (κ3) is 7.32. The number of rotatable bonds is 9. The van der Waals surface area contributed by atoms with E-state index in [4.69, 9.17) is 0 Å². The molecule has 0 saturated carbocycles. The summed E-state index contributed by atoms with van der Waals surface area (Å²) in [5.74, 6) is 1.34. The number of benzene rings is 2. The van der Waals surface area contributed by atoms with Crippen molar-refractivity contribution in [2.75, 3.05) is 32.7 Å². The summed E-state index contributed by atoms with van der Waals surface area (Å²) in [5.41, 5.74) is 6.45. The van der Waals surface area contributed by atoms with Crippen molar-refractivity contribution in [3.63, 3.8) is 0 Å². The van der Waals surface area contributed by atoms with Crippen LogP contribution in [0.1, 0.15) is 64.0 Å². The number of likely N-dealkylation sites (tertiary alicyclic amines) is 2. The number of hydrogen-bond donors (Lipinski definition) is 0. The normalized spacial score (nSPS) is 19.9. The summed E-state index contributed by atoms with van der Waals surface area (Å²) >= 11 is 0. The van der Waals surface area contributed by atoms with Crippen LogP contribution in [0.3, 0.4) is 0 Å². The molecule has 0 spiro atoms. The summed E-state index contributed by atoms with van der Waals surface area (Å²) in [4.78, 5) is 4.72. The highest BCUT2D eigenvalue weighted by Crippen LogP contribution is 2.30. The second-order valence-electron chi connectivity index (χ2n) is 11.8. The Hall–Kier alpha value is -2.39. The molecule has 4 rings (SSSR count). The Kier molecular flexibility index (Phi) is 8.72. The van der Waals surface area contributed by atoms with Crippen LogP contribution in [0.5, 0.6) is 0 Å². The number of piperidine rings is 2. The fraction of sp³-hybridized carbons (Fsp3) is 0.515. The molecule has 2 aromatic rings. The van der Waals surface area contributed by atoms with E-state index >= 15 is 0 Å². The van der Waals surface area contributed by atoms with Gasteiger partial charge in [-0.25, -0.2) is 4.39 Å². The molecule has 1 atom stereocenters. The van der Waals surface area contributed by atoms with E-state index in [9.17, 15) is 4.39 Å². The van der Waals surface area contributed by atoms with Gasteiger partial charge in [-0.15, -0.1) is 0 Å². The Labute approximate surface area is 218 Å². The number of hydrogen-bond acceptors (Lipinski definition) is 2. The summed E-state index contributed by atoms with van der Waals surface area (Å²) in [7, 11) is 0. The van der Waals surface area contributed by atoms with Gasteiger partial charge < -0.3 is 9.80 Å². The first-order valence-corrected chi connectivity index (χ1v) is 13.9. The van der Waals surface area contributed by atoms with Gasteiger partial charge in [0.2, 0.25) is 0 Å². The molecule has 2 aromatic carbocycles. The maximum absolute atomic E-state index is 13.9. The molecule has 2 aliphatic heterocycles. The van der Waals surface area contributed by atoms with Crippen LogP contribution >= 0.6 is 0 Å². The van der Waals surface area contributed by atoms with Gasteiger partial charge in [-0.2, -0.15) is 0 Å². The van der Waals surface area contributed by atoms with E-state index in [0.717, 1.165) is 44.2 Å². The molecule has 0 N–H and O–H groups in total. The molecule has 2 fully saturated rings. The average molecular weight is 489 g/mol. The van der Waals surface area contributed by atoms with Crippen LogP contribution < -0.4 is 0 Å². The van der Waals surface area contributed by atoms with Crippen LogP contribution in [0.4, 0.5) is 4.39 Å². The fourth-order valence-corrected chi connectivity index (χ4v) is 5.86. The van der Waals surface area contributed by atoms with E-state index in [1.807, 2.05) is 0 Å². The Bertz CT molecular complexity index is 1010. The Morgan fingerprint density at radius 1 is 0.917 bits per heavy atom. The minimum Gasteiger partial charge on any atom is -0.371 e. The third-order valence-corrected chi connectivity index (χ3v) is 8.15. The number of halogens is 1. The lowest BCUT2D eigenvalue weighted by atomic mass is 9.89. The van der Waals surface area contributed by atoms with Crippen molar-refractivity contribution in [2.24, 2.45) is 11.8 Å². The lowest BCUT2D eigenvalue weighted by molar-refractivity contribution is 0.0943. The summed E-state index contributed by atoms with van der Waals surface area (Å²) in [5, 5.41) is 0. The first-order valence-electron chi connectivity index (χ1n) is 13.9. The summed E-state index contributed by atoms with van der Waals surface area (Å²) < 4.78 is 13.9. The van der Waals surface area contributed by atoms with E-state index in [1.54, 1.807) is 13.8 Å². The average Bonchev–Trinajstić information content (AvgIpc) is 2.87. The molecule has 3 heteroatoms. The second-order valence-corrected chi connectivity index (χ2v) is 11.8. The van der Waals surface area contributed by atoms with Crippen molar-refractivity contribution in [3.8, 4) is 11.1 Å². The monoisotopic (exact) mass is 488 g/mol. The van der Waals surface area contributed by atoms with Gasteiger partial charge in [0.15, 0.2) is 0 Å². The molecule has 2 nitrogen and oxygen atoms in total. The molecule has 0 radical (unpaired) electrons. The fourth-order valence-electron chi connectivity index (χ4n) is 5.86. The van der Waals surface area contributed by atoms with Gasteiger partial charge in [0.25, 0.3) is 0 Å². The molecule has 0 aliphatic carbocycles. The van der Waals surface area contributed by atoms with Crippen molar-refractivity contribution in [2.45, 2.75) is 65.0 Å². The number of aryl methyl sites for hydroxylation is 1. The van der Waals surface area contributed by atoms with Gasteiger partial charge in [-0.1, -0.05) is 67.3 Å². The highest BCUT2D eigenvalue weighted by molar-refractivity contribution is 5.69. The van der Waals surface area contributed by atoms with Gasteiger partial charge in [0, 0.05) is 25.3 Å². The highest BCUT2D eigenvalue weighted by atomic mass is 19.1. The largest absolute Gasteiger partial charge is 0.371 e. The number of nitrogens with zero attached hydrogens (tertiary/aromatic N) is 2. The van der Waals surface area contributed by atoms with E-state index in [2.05, 4.69) is 78.4 Å². The van der Waals surface area contributed by atoms with Crippen LogP contribution in [0, 0.1) is 11.8 Å². The maximum atomic E-state index is 13.9. The van der Waals surface area contributed by atoms with Gasteiger partial charge in [0.1, 0.15) is 5.67 Å². The summed E-state index contributed by atoms with van der Waals surface area (Å²) in [6, 6.07) is 18.0. The van der Waals surface area contributed by atoms with Crippen LogP contribution in [0.15, 0.2) is 67.3 Å². The van der Waals surface area contributed by atoms with Crippen molar-refractivity contribution >= 4 is 5.70 Å².